The molecule has 2 aromatic carbocycles. The zero-order valence-corrected chi connectivity index (χ0v) is 16.2. The molecular formula is C22H22N2O3S. The number of anilines is 1. The predicted molar refractivity (Wildman–Crippen MR) is 112 cm³/mol. The van der Waals surface area contributed by atoms with Gasteiger partial charge in [-0.3, -0.25) is 9.59 Å². The van der Waals surface area contributed by atoms with Crippen molar-refractivity contribution in [1.82, 2.24) is 5.32 Å². The molecule has 2 heterocycles. The highest BCUT2D eigenvalue weighted by molar-refractivity contribution is 7.17. The maximum atomic E-state index is 12.1. The number of benzene rings is 2. The topological polar surface area (TPSA) is 78.4 Å². The van der Waals surface area contributed by atoms with E-state index in [2.05, 4.69) is 10.6 Å². The molecule has 6 heteroatoms. The Kier molecular flexibility index (Phi) is 5.41. The summed E-state index contributed by atoms with van der Waals surface area (Å²) in [6.45, 7) is 0.214. The van der Waals surface area contributed by atoms with E-state index in [9.17, 15) is 14.7 Å². The van der Waals surface area contributed by atoms with Gasteiger partial charge < -0.3 is 15.7 Å². The average Bonchev–Trinajstić information content (AvgIpc) is 3.28. The molecule has 0 spiro atoms. The molecule has 1 aliphatic rings. The van der Waals surface area contributed by atoms with Gasteiger partial charge in [-0.15, -0.1) is 11.3 Å². The van der Waals surface area contributed by atoms with Crippen LogP contribution in [0.5, 0.6) is 0 Å². The molecule has 5 nitrogen and oxygen atoms in total. The SMILES string of the molecule is O=C(CCCc1ccc2c(c1)CC(=O)N2)NCC(O)c1csc2ccccc12. The highest BCUT2D eigenvalue weighted by Crippen LogP contribution is 2.30. The van der Waals surface area contributed by atoms with Crippen molar-refractivity contribution in [3.63, 3.8) is 0 Å². The summed E-state index contributed by atoms with van der Waals surface area (Å²) in [4.78, 5) is 23.5. The first-order valence-electron chi connectivity index (χ1n) is 9.43. The second-order valence-electron chi connectivity index (χ2n) is 7.08. The summed E-state index contributed by atoms with van der Waals surface area (Å²) in [5.41, 5.74) is 3.91. The molecule has 1 unspecified atom stereocenters. The van der Waals surface area contributed by atoms with Gasteiger partial charge in [-0.25, -0.2) is 0 Å². The zero-order valence-electron chi connectivity index (χ0n) is 15.4. The van der Waals surface area contributed by atoms with E-state index in [0.717, 1.165) is 45.3 Å². The van der Waals surface area contributed by atoms with Gasteiger partial charge in [0, 0.05) is 28.9 Å². The lowest BCUT2D eigenvalue weighted by molar-refractivity contribution is -0.121. The van der Waals surface area contributed by atoms with E-state index in [4.69, 9.17) is 0 Å². The monoisotopic (exact) mass is 394 g/mol. The van der Waals surface area contributed by atoms with Crippen molar-refractivity contribution < 1.29 is 14.7 Å². The summed E-state index contributed by atoms with van der Waals surface area (Å²) in [7, 11) is 0. The van der Waals surface area contributed by atoms with Gasteiger partial charge in [-0.2, -0.15) is 0 Å². The van der Waals surface area contributed by atoms with Crippen LogP contribution in [-0.4, -0.2) is 23.5 Å². The molecule has 2 amide bonds. The first-order chi connectivity index (χ1) is 13.6. The molecule has 1 aliphatic heterocycles. The number of thiophene rings is 1. The molecule has 28 heavy (non-hydrogen) atoms. The number of nitrogens with one attached hydrogen (secondary N) is 2. The van der Waals surface area contributed by atoms with E-state index in [1.54, 1.807) is 11.3 Å². The molecule has 3 aromatic rings. The van der Waals surface area contributed by atoms with E-state index in [-0.39, 0.29) is 18.4 Å². The minimum atomic E-state index is -0.707. The zero-order chi connectivity index (χ0) is 19.5. The summed E-state index contributed by atoms with van der Waals surface area (Å²) in [6.07, 6.45) is 1.64. The van der Waals surface area contributed by atoms with Crippen LogP contribution in [0.1, 0.15) is 35.6 Å². The van der Waals surface area contributed by atoms with Crippen LogP contribution in [0.2, 0.25) is 0 Å². The van der Waals surface area contributed by atoms with Gasteiger partial charge in [0.1, 0.15) is 0 Å². The number of aliphatic hydroxyl groups is 1. The minimum absolute atomic E-state index is 0.0310. The van der Waals surface area contributed by atoms with E-state index >= 15 is 0 Å². The molecule has 0 fully saturated rings. The number of hydrogen-bond donors (Lipinski definition) is 3. The third kappa shape index (κ3) is 4.08. The highest BCUT2D eigenvalue weighted by Gasteiger charge is 2.17. The predicted octanol–water partition coefficient (Wildman–Crippen LogP) is 3.57. The Balaban J connectivity index is 1.24. The molecule has 0 radical (unpaired) electrons. The molecule has 1 atom stereocenters. The number of aliphatic hydroxyl groups excluding tert-OH is 1. The molecule has 1 aromatic heterocycles. The molecule has 0 aliphatic carbocycles. The van der Waals surface area contributed by atoms with Crippen LogP contribution < -0.4 is 10.6 Å². The van der Waals surface area contributed by atoms with E-state index < -0.39 is 6.10 Å². The Bertz CT molecular complexity index is 1030. The van der Waals surface area contributed by atoms with Crippen LogP contribution in [0, 0.1) is 0 Å². The number of carbonyl (C=O) groups is 2. The van der Waals surface area contributed by atoms with Gasteiger partial charge >= 0.3 is 0 Å². The molecule has 4 rings (SSSR count). The maximum absolute atomic E-state index is 12.1. The number of amides is 2. The third-order valence-electron chi connectivity index (χ3n) is 5.03. The normalized spacial score (nSPS) is 14.0. The fraction of sp³-hybridized carbons (Fsp3) is 0.273. The van der Waals surface area contributed by atoms with Crippen molar-refractivity contribution in [2.45, 2.75) is 31.8 Å². The number of hydrogen-bond acceptors (Lipinski definition) is 4. The van der Waals surface area contributed by atoms with Crippen LogP contribution in [0.4, 0.5) is 5.69 Å². The minimum Gasteiger partial charge on any atom is -0.387 e. The van der Waals surface area contributed by atoms with E-state index in [1.165, 1.54) is 0 Å². The van der Waals surface area contributed by atoms with Crippen molar-refractivity contribution in [2.75, 3.05) is 11.9 Å². The van der Waals surface area contributed by atoms with Gasteiger partial charge in [0.25, 0.3) is 0 Å². The van der Waals surface area contributed by atoms with Crippen LogP contribution >= 0.6 is 11.3 Å². The first kappa shape index (κ1) is 18.7. The lowest BCUT2D eigenvalue weighted by Gasteiger charge is -2.12. The summed E-state index contributed by atoms with van der Waals surface area (Å²) in [5.74, 6) is -0.0277. The van der Waals surface area contributed by atoms with Gasteiger partial charge in [0.15, 0.2) is 0 Å². The summed E-state index contributed by atoms with van der Waals surface area (Å²) in [5, 5.41) is 19.1. The second-order valence-corrected chi connectivity index (χ2v) is 7.99. The van der Waals surface area contributed by atoms with Crippen molar-refractivity contribution in [1.29, 1.82) is 0 Å². The number of aryl methyl sites for hydroxylation is 1. The van der Waals surface area contributed by atoms with Gasteiger partial charge in [0.2, 0.25) is 11.8 Å². The largest absolute Gasteiger partial charge is 0.387 e. The highest BCUT2D eigenvalue weighted by atomic mass is 32.1. The Labute approximate surface area is 167 Å². The lowest BCUT2D eigenvalue weighted by Crippen LogP contribution is -2.28. The smallest absolute Gasteiger partial charge is 0.228 e. The lowest BCUT2D eigenvalue weighted by atomic mass is 10.0. The molecule has 3 N–H and O–H groups in total. The van der Waals surface area contributed by atoms with Crippen molar-refractivity contribution in [3.05, 3.63) is 64.5 Å². The Morgan fingerprint density at radius 2 is 2.11 bits per heavy atom. The van der Waals surface area contributed by atoms with Gasteiger partial charge in [0.05, 0.1) is 12.5 Å². The molecule has 0 saturated carbocycles. The number of fused-ring (bicyclic) bond motifs is 2. The maximum Gasteiger partial charge on any atom is 0.228 e. The van der Waals surface area contributed by atoms with Crippen molar-refractivity contribution in [2.24, 2.45) is 0 Å². The Morgan fingerprint density at radius 3 is 3.00 bits per heavy atom. The summed E-state index contributed by atoms with van der Waals surface area (Å²) < 4.78 is 1.13. The Morgan fingerprint density at radius 1 is 1.25 bits per heavy atom. The van der Waals surface area contributed by atoms with Crippen LogP contribution in [0.15, 0.2) is 47.8 Å². The van der Waals surface area contributed by atoms with Crippen LogP contribution in [-0.2, 0) is 22.4 Å². The van der Waals surface area contributed by atoms with Crippen molar-refractivity contribution >= 4 is 38.9 Å². The molecule has 144 valence electrons. The van der Waals surface area contributed by atoms with Gasteiger partial charge in [-0.05, 0) is 46.9 Å². The van der Waals surface area contributed by atoms with Gasteiger partial charge in [-0.1, -0.05) is 30.3 Å². The number of carbonyl (C=O) groups excluding carboxylic acids is 2. The molecule has 0 bridgehead atoms. The fourth-order valence-electron chi connectivity index (χ4n) is 3.56. The second kappa shape index (κ2) is 8.12. The van der Waals surface area contributed by atoms with Crippen LogP contribution in [0.3, 0.4) is 0 Å². The van der Waals surface area contributed by atoms with Crippen molar-refractivity contribution in [3.8, 4) is 0 Å². The Hall–Kier alpha value is -2.70. The summed E-state index contributed by atoms with van der Waals surface area (Å²) >= 11 is 1.60. The standard InChI is InChI=1S/C22H22N2O3S/c25-19(17-13-28-20-6-2-1-5-16(17)20)12-23-21(26)7-3-4-14-8-9-18-15(10-14)11-22(27)24-18/h1-2,5-6,8-10,13,19,25H,3-4,7,11-12H2,(H,23,26)(H,24,27). The molecular weight excluding hydrogens is 372 g/mol. The first-order valence-corrected chi connectivity index (χ1v) is 10.3. The average molecular weight is 394 g/mol. The third-order valence-corrected chi connectivity index (χ3v) is 6.01. The summed E-state index contributed by atoms with van der Waals surface area (Å²) in [6, 6.07) is 13.9. The van der Waals surface area contributed by atoms with E-state index in [0.29, 0.717) is 12.8 Å². The number of rotatable bonds is 7. The quantitative estimate of drug-likeness (QED) is 0.573. The van der Waals surface area contributed by atoms with E-state index in [1.807, 2.05) is 47.8 Å². The molecule has 0 saturated heterocycles. The van der Waals surface area contributed by atoms with Crippen LogP contribution in [0.25, 0.3) is 10.1 Å². The fourth-order valence-corrected chi connectivity index (χ4v) is 4.56.